The summed E-state index contributed by atoms with van der Waals surface area (Å²) in [6, 6.07) is 5.26. The van der Waals surface area contributed by atoms with Gasteiger partial charge in [-0.05, 0) is 31.4 Å². The number of sulfonamides is 1. The van der Waals surface area contributed by atoms with Gasteiger partial charge >= 0.3 is 0 Å². The number of allylic oxidation sites excluding steroid dienone is 1. The standard InChI is InChI=1S/C13H15NO3S/c1-17-10-6-7-11-12-5-3-2-4-8-14(12)18(15,16)13(11)9-10/h5-7,9H,2-4,8H2,1H3. The third kappa shape index (κ3) is 1.54. The van der Waals surface area contributed by atoms with E-state index in [-0.39, 0.29) is 0 Å². The Labute approximate surface area is 107 Å². The Bertz CT molecular complexity index is 619. The first-order chi connectivity index (χ1) is 8.64. The molecule has 0 radical (unpaired) electrons. The fourth-order valence-electron chi connectivity index (χ4n) is 2.53. The summed E-state index contributed by atoms with van der Waals surface area (Å²) in [7, 11) is -1.83. The molecule has 3 rings (SSSR count). The van der Waals surface area contributed by atoms with Gasteiger partial charge in [0.15, 0.2) is 0 Å². The summed E-state index contributed by atoms with van der Waals surface area (Å²) in [5, 5.41) is 0. The topological polar surface area (TPSA) is 46.6 Å². The summed E-state index contributed by atoms with van der Waals surface area (Å²) in [4.78, 5) is 0.370. The summed E-state index contributed by atoms with van der Waals surface area (Å²) in [6.07, 6.45) is 4.92. The highest BCUT2D eigenvalue weighted by molar-refractivity contribution is 7.90. The van der Waals surface area contributed by atoms with E-state index in [4.69, 9.17) is 4.74 Å². The lowest BCUT2D eigenvalue weighted by Gasteiger charge is -2.16. The second kappa shape index (κ2) is 4.02. The molecule has 2 aliphatic rings. The van der Waals surface area contributed by atoms with E-state index < -0.39 is 10.0 Å². The van der Waals surface area contributed by atoms with Crippen LogP contribution >= 0.6 is 0 Å². The SMILES string of the molecule is COc1ccc2c(c1)S(=O)(=O)N1CCCCC=C21. The van der Waals surface area contributed by atoms with Crippen molar-refractivity contribution < 1.29 is 13.2 Å². The third-order valence-corrected chi connectivity index (χ3v) is 5.31. The third-order valence-electron chi connectivity index (χ3n) is 3.45. The number of rotatable bonds is 1. The molecule has 0 aromatic heterocycles. The van der Waals surface area contributed by atoms with Crippen LogP contribution in [0.5, 0.6) is 5.75 Å². The lowest BCUT2D eigenvalue weighted by atomic mass is 10.1. The Morgan fingerprint density at radius 2 is 2.11 bits per heavy atom. The molecule has 96 valence electrons. The Morgan fingerprint density at radius 1 is 1.28 bits per heavy atom. The zero-order valence-electron chi connectivity index (χ0n) is 10.2. The Morgan fingerprint density at radius 3 is 2.89 bits per heavy atom. The molecular weight excluding hydrogens is 250 g/mol. The zero-order valence-corrected chi connectivity index (χ0v) is 11.0. The van der Waals surface area contributed by atoms with Gasteiger partial charge in [0.05, 0.1) is 12.8 Å². The quantitative estimate of drug-likeness (QED) is 0.782. The number of hydrogen-bond donors (Lipinski definition) is 0. The highest BCUT2D eigenvalue weighted by Gasteiger charge is 2.38. The van der Waals surface area contributed by atoms with Crippen LogP contribution in [-0.4, -0.2) is 26.4 Å². The summed E-state index contributed by atoms with van der Waals surface area (Å²) in [5.74, 6) is 0.579. The van der Waals surface area contributed by atoms with Crippen molar-refractivity contribution in [1.29, 1.82) is 0 Å². The Balaban J connectivity index is 2.23. The van der Waals surface area contributed by atoms with Gasteiger partial charge < -0.3 is 4.74 Å². The van der Waals surface area contributed by atoms with Crippen LogP contribution in [-0.2, 0) is 10.0 Å². The maximum atomic E-state index is 12.5. The lowest BCUT2D eigenvalue weighted by molar-refractivity contribution is 0.413. The Hall–Kier alpha value is -1.49. The predicted octanol–water partition coefficient (Wildman–Crippen LogP) is 2.22. The second-order valence-electron chi connectivity index (χ2n) is 4.52. The van der Waals surface area contributed by atoms with Gasteiger partial charge in [-0.1, -0.05) is 6.08 Å². The van der Waals surface area contributed by atoms with E-state index >= 15 is 0 Å². The number of hydrogen-bond acceptors (Lipinski definition) is 3. The van der Waals surface area contributed by atoms with Crippen LogP contribution in [0.25, 0.3) is 5.70 Å². The van der Waals surface area contributed by atoms with Gasteiger partial charge in [0.2, 0.25) is 0 Å². The summed E-state index contributed by atoms with van der Waals surface area (Å²) < 4.78 is 31.6. The molecule has 5 heteroatoms. The van der Waals surface area contributed by atoms with Crippen molar-refractivity contribution in [1.82, 2.24) is 4.31 Å². The number of fused-ring (bicyclic) bond motifs is 3. The molecule has 0 atom stereocenters. The largest absolute Gasteiger partial charge is 0.497 e. The van der Waals surface area contributed by atoms with Gasteiger partial charge in [-0.2, -0.15) is 0 Å². The van der Waals surface area contributed by atoms with Crippen molar-refractivity contribution in [2.24, 2.45) is 0 Å². The molecule has 2 heterocycles. The first-order valence-corrected chi connectivity index (χ1v) is 7.50. The first-order valence-electron chi connectivity index (χ1n) is 6.06. The lowest BCUT2D eigenvalue weighted by Crippen LogP contribution is -2.23. The smallest absolute Gasteiger partial charge is 0.265 e. The minimum Gasteiger partial charge on any atom is -0.497 e. The molecule has 0 N–H and O–H groups in total. The summed E-state index contributed by atoms with van der Waals surface area (Å²) >= 11 is 0. The van der Waals surface area contributed by atoms with E-state index in [2.05, 4.69) is 0 Å². The van der Waals surface area contributed by atoms with Gasteiger partial charge in [-0.3, -0.25) is 4.31 Å². The molecule has 1 aromatic rings. The fraction of sp³-hybridized carbons (Fsp3) is 0.385. The molecule has 0 amide bonds. The average molecular weight is 265 g/mol. The van der Waals surface area contributed by atoms with Gasteiger partial charge in [0.1, 0.15) is 10.6 Å². The number of ether oxygens (including phenoxy) is 1. The highest BCUT2D eigenvalue weighted by Crippen LogP contribution is 2.41. The van der Waals surface area contributed by atoms with E-state index in [1.54, 1.807) is 13.2 Å². The van der Waals surface area contributed by atoms with E-state index in [0.717, 1.165) is 30.5 Å². The summed E-state index contributed by atoms with van der Waals surface area (Å²) in [5.41, 5.74) is 1.64. The minimum atomic E-state index is -3.38. The average Bonchev–Trinajstić information content (AvgIpc) is 2.56. The van der Waals surface area contributed by atoms with Crippen LogP contribution in [0.15, 0.2) is 29.2 Å². The van der Waals surface area contributed by atoms with Crippen molar-refractivity contribution in [2.75, 3.05) is 13.7 Å². The van der Waals surface area contributed by atoms with Crippen LogP contribution in [0.1, 0.15) is 24.8 Å². The predicted molar refractivity (Wildman–Crippen MR) is 68.7 cm³/mol. The monoisotopic (exact) mass is 265 g/mol. The second-order valence-corrected chi connectivity index (χ2v) is 6.36. The van der Waals surface area contributed by atoms with Crippen LogP contribution < -0.4 is 4.74 Å². The number of nitrogens with zero attached hydrogens (tertiary/aromatic N) is 1. The van der Waals surface area contributed by atoms with Crippen LogP contribution in [0.4, 0.5) is 0 Å². The molecule has 2 aliphatic heterocycles. The number of methoxy groups -OCH3 is 1. The van der Waals surface area contributed by atoms with Gasteiger partial charge in [0.25, 0.3) is 10.0 Å². The maximum Gasteiger partial charge on any atom is 0.265 e. The zero-order chi connectivity index (χ0) is 12.8. The van der Waals surface area contributed by atoms with Gasteiger partial charge in [-0.25, -0.2) is 8.42 Å². The molecule has 0 aliphatic carbocycles. The van der Waals surface area contributed by atoms with Crippen molar-refractivity contribution in [3.05, 3.63) is 29.8 Å². The van der Waals surface area contributed by atoms with E-state index in [0.29, 0.717) is 17.2 Å². The van der Waals surface area contributed by atoms with Gasteiger partial charge in [0, 0.05) is 18.2 Å². The maximum absolute atomic E-state index is 12.5. The molecule has 0 spiro atoms. The summed E-state index contributed by atoms with van der Waals surface area (Å²) in [6.45, 7) is 0.575. The molecule has 0 saturated carbocycles. The van der Waals surface area contributed by atoms with E-state index in [9.17, 15) is 8.42 Å². The molecular formula is C13H15NO3S. The Kier molecular flexibility index (Phi) is 2.59. The molecule has 0 bridgehead atoms. The van der Waals surface area contributed by atoms with E-state index in [1.807, 2.05) is 18.2 Å². The van der Waals surface area contributed by atoms with Crippen molar-refractivity contribution >= 4 is 15.7 Å². The van der Waals surface area contributed by atoms with Crippen molar-refractivity contribution in [3.63, 3.8) is 0 Å². The first kappa shape index (κ1) is 11.6. The van der Waals surface area contributed by atoms with E-state index in [1.165, 1.54) is 4.31 Å². The van der Waals surface area contributed by atoms with Crippen LogP contribution in [0.3, 0.4) is 0 Å². The highest BCUT2D eigenvalue weighted by atomic mass is 32.2. The minimum absolute atomic E-state index is 0.370. The molecule has 0 unspecified atom stereocenters. The van der Waals surface area contributed by atoms with Gasteiger partial charge in [-0.15, -0.1) is 0 Å². The van der Waals surface area contributed by atoms with Crippen LogP contribution in [0.2, 0.25) is 0 Å². The van der Waals surface area contributed by atoms with Crippen LogP contribution in [0, 0.1) is 0 Å². The van der Waals surface area contributed by atoms with Crippen molar-refractivity contribution in [3.8, 4) is 5.75 Å². The molecule has 0 fully saturated rings. The normalized spacial score (nSPS) is 20.7. The number of benzene rings is 1. The molecule has 1 aromatic carbocycles. The molecule has 4 nitrogen and oxygen atoms in total. The fourth-order valence-corrected chi connectivity index (χ4v) is 4.28. The molecule has 0 saturated heterocycles. The molecule has 18 heavy (non-hydrogen) atoms. The van der Waals surface area contributed by atoms with Crippen molar-refractivity contribution in [2.45, 2.75) is 24.2 Å².